The molecule has 0 fully saturated rings. The fraction of sp³-hybridized carbons (Fsp3) is 0.587. The number of nitrogens with zero attached hydrogens (tertiary/aromatic N) is 1. The first-order valence-corrected chi connectivity index (χ1v) is 20.3. The number of carbonyl (C=O) groups excluding carboxylic acids is 2. The molecule has 0 aromatic rings. The third kappa shape index (κ3) is 34.0. The van der Waals surface area contributed by atoms with Crippen molar-refractivity contribution >= 4 is 17.9 Å². The number of allylic oxidation sites excluding steroid dienone is 16. The smallest absolute Gasteiger partial charge is 0.362 e. The predicted molar refractivity (Wildman–Crippen MR) is 224 cm³/mol. The van der Waals surface area contributed by atoms with Gasteiger partial charge < -0.3 is 23.8 Å². The molecule has 8 nitrogen and oxygen atoms in total. The number of hydrogen-bond donors (Lipinski definition) is 1. The molecule has 0 amide bonds. The minimum Gasteiger partial charge on any atom is -0.477 e. The van der Waals surface area contributed by atoms with Gasteiger partial charge in [-0.1, -0.05) is 124 Å². The first-order valence-electron chi connectivity index (χ1n) is 20.3. The van der Waals surface area contributed by atoms with Gasteiger partial charge in [-0.05, 0) is 77.0 Å². The minimum atomic E-state index is -0.895. The third-order valence-corrected chi connectivity index (χ3v) is 8.24. The summed E-state index contributed by atoms with van der Waals surface area (Å²) >= 11 is 0. The number of quaternary nitrogens is 1. The number of unbranched alkanes of at least 4 members (excludes halogenated alkanes) is 4. The Bertz CT molecular complexity index is 1200. The van der Waals surface area contributed by atoms with E-state index in [-0.39, 0.29) is 36.7 Å². The zero-order valence-electron chi connectivity index (χ0n) is 34.4. The fourth-order valence-corrected chi connectivity index (χ4v) is 5.15. The summed E-state index contributed by atoms with van der Waals surface area (Å²) in [6, 6.07) is -0.636. The molecule has 0 bridgehead atoms. The molecule has 0 aliphatic rings. The number of carboxylic acids is 1. The molecule has 0 heterocycles. The van der Waals surface area contributed by atoms with Gasteiger partial charge in [0.15, 0.2) is 12.1 Å². The van der Waals surface area contributed by atoms with Gasteiger partial charge in [-0.25, -0.2) is 4.79 Å². The molecular weight excluding hydrogens is 679 g/mol. The molecule has 1 N–H and O–H groups in total. The van der Waals surface area contributed by atoms with E-state index in [1.54, 1.807) is 0 Å². The first kappa shape index (κ1) is 50.2. The largest absolute Gasteiger partial charge is 0.477 e. The zero-order chi connectivity index (χ0) is 40.0. The van der Waals surface area contributed by atoms with Crippen molar-refractivity contribution in [3.8, 4) is 0 Å². The Morgan fingerprint density at radius 2 is 1.02 bits per heavy atom. The Labute approximate surface area is 328 Å². The number of esters is 2. The highest BCUT2D eigenvalue weighted by Gasteiger charge is 2.31. The second-order valence-corrected chi connectivity index (χ2v) is 14.1. The lowest BCUT2D eigenvalue weighted by molar-refractivity contribution is -0.887. The quantitative estimate of drug-likeness (QED) is 0.0302. The SMILES string of the molecule is CC/C=C/C/C=C/C/C=C/C/C=C/C/C=C/CCC(=O)OC(COCCC(C(=O)O)[N+](C)(C)C)COC(=O)CCCCCC/C=C/C/C=C/C/C=C/CC. The second-order valence-electron chi connectivity index (χ2n) is 14.1. The highest BCUT2D eigenvalue weighted by molar-refractivity contribution is 5.72. The molecule has 0 aromatic carbocycles. The Kier molecular flexibility index (Phi) is 33.7. The summed E-state index contributed by atoms with van der Waals surface area (Å²) in [4.78, 5) is 36.8. The van der Waals surface area contributed by atoms with E-state index in [0.29, 0.717) is 19.3 Å². The van der Waals surface area contributed by atoms with E-state index in [4.69, 9.17) is 14.2 Å². The topological polar surface area (TPSA) is 99.1 Å². The summed E-state index contributed by atoms with van der Waals surface area (Å²) < 4.78 is 17.1. The highest BCUT2D eigenvalue weighted by atomic mass is 16.6. The van der Waals surface area contributed by atoms with Crippen molar-refractivity contribution in [2.45, 2.75) is 135 Å². The number of carbonyl (C=O) groups is 3. The zero-order valence-corrected chi connectivity index (χ0v) is 34.4. The standard InChI is InChI=1S/C46H73NO7/c1-6-8-10-12-14-16-18-20-22-23-25-27-29-31-33-35-37-45(49)54-42(40-52-39-38-43(46(50)51)47(3,4)5)41-53-44(48)36-34-32-30-28-26-24-21-19-17-15-13-11-9-7-2/h8-11,14-17,20-22,24-25,27,31,33,42-43H,6-7,12-13,18-19,23,26,28-30,32,34-41H2,1-5H3/p+1/b10-8+,11-9+,16-14+,17-15+,22-20+,24-21+,27-25+,33-31+. The van der Waals surface area contributed by atoms with Gasteiger partial charge in [0.05, 0.1) is 34.4 Å². The van der Waals surface area contributed by atoms with Gasteiger partial charge in [-0.3, -0.25) is 9.59 Å². The molecule has 2 atom stereocenters. The van der Waals surface area contributed by atoms with Gasteiger partial charge in [0, 0.05) is 19.3 Å². The summed E-state index contributed by atoms with van der Waals surface area (Å²) in [6.07, 6.45) is 47.5. The van der Waals surface area contributed by atoms with Crippen LogP contribution in [0.4, 0.5) is 0 Å². The Balaban J connectivity index is 4.58. The molecule has 0 aromatic heterocycles. The van der Waals surface area contributed by atoms with E-state index in [1.807, 2.05) is 33.3 Å². The van der Waals surface area contributed by atoms with Crippen LogP contribution >= 0.6 is 0 Å². The average molecular weight is 753 g/mol. The maximum atomic E-state index is 12.7. The van der Waals surface area contributed by atoms with Crippen molar-refractivity contribution in [1.29, 1.82) is 0 Å². The van der Waals surface area contributed by atoms with Crippen molar-refractivity contribution in [1.82, 2.24) is 0 Å². The first-order chi connectivity index (χ1) is 26.1. The van der Waals surface area contributed by atoms with Gasteiger partial charge in [0.25, 0.3) is 0 Å². The summed E-state index contributed by atoms with van der Waals surface area (Å²) in [6.45, 7) is 4.37. The molecule has 304 valence electrons. The summed E-state index contributed by atoms with van der Waals surface area (Å²) in [7, 11) is 5.47. The Morgan fingerprint density at radius 1 is 0.556 bits per heavy atom. The van der Waals surface area contributed by atoms with Crippen LogP contribution in [0, 0.1) is 0 Å². The number of aliphatic carboxylic acids is 1. The van der Waals surface area contributed by atoms with Crippen molar-refractivity contribution in [2.24, 2.45) is 0 Å². The van der Waals surface area contributed by atoms with Crippen LogP contribution in [0.2, 0.25) is 0 Å². The van der Waals surface area contributed by atoms with Crippen LogP contribution in [-0.2, 0) is 28.6 Å². The molecule has 2 unspecified atom stereocenters. The van der Waals surface area contributed by atoms with Crippen molar-refractivity contribution in [3.05, 3.63) is 97.2 Å². The van der Waals surface area contributed by atoms with E-state index in [1.165, 1.54) is 0 Å². The van der Waals surface area contributed by atoms with Crippen molar-refractivity contribution in [2.75, 3.05) is 41.0 Å². The molecule has 0 spiro atoms. The summed E-state index contributed by atoms with van der Waals surface area (Å²) in [5, 5.41) is 9.60. The molecule has 54 heavy (non-hydrogen) atoms. The number of likely N-dealkylation sites (N-methyl/N-ethyl adjacent to an activating group) is 1. The lowest BCUT2D eigenvalue weighted by Crippen LogP contribution is -2.50. The van der Waals surface area contributed by atoms with Crippen LogP contribution < -0.4 is 0 Å². The van der Waals surface area contributed by atoms with Gasteiger partial charge in [0.2, 0.25) is 0 Å². The van der Waals surface area contributed by atoms with Gasteiger partial charge in [0.1, 0.15) is 6.61 Å². The van der Waals surface area contributed by atoms with Crippen molar-refractivity contribution in [3.63, 3.8) is 0 Å². The number of hydrogen-bond acceptors (Lipinski definition) is 6. The van der Waals surface area contributed by atoms with E-state index in [0.717, 1.165) is 83.5 Å². The number of rotatable bonds is 34. The molecule has 0 aliphatic carbocycles. The molecule has 0 rings (SSSR count). The van der Waals surface area contributed by atoms with Gasteiger partial charge in [-0.2, -0.15) is 0 Å². The normalized spacial score (nSPS) is 14.0. The van der Waals surface area contributed by atoms with Crippen molar-refractivity contribution < 1.29 is 38.2 Å². The van der Waals surface area contributed by atoms with Gasteiger partial charge in [-0.15, -0.1) is 0 Å². The van der Waals surface area contributed by atoms with Crippen LogP contribution in [0.25, 0.3) is 0 Å². The van der Waals surface area contributed by atoms with Crippen LogP contribution in [-0.4, -0.2) is 80.6 Å². The minimum absolute atomic E-state index is 0.0172. The Hall–Kier alpha value is -3.75. The number of ether oxygens (including phenoxy) is 3. The average Bonchev–Trinajstić information content (AvgIpc) is 3.12. The predicted octanol–water partition coefficient (Wildman–Crippen LogP) is 10.7. The molecular formula is C46H74NO7+. The third-order valence-electron chi connectivity index (χ3n) is 8.24. The maximum Gasteiger partial charge on any atom is 0.362 e. The molecule has 0 radical (unpaired) electrons. The maximum absolute atomic E-state index is 12.7. The lowest BCUT2D eigenvalue weighted by atomic mass is 10.1. The second kappa shape index (κ2) is 36.2. The molecule has 8 heteroatoms. The molecule has 0 aliphatic heterocycles. The molecule has 0 saturated carbocycles. The van der Waals surface area contributed by atoms with Crippen LogP contribution in [0.15, 0.2) is 97.2 Å². The lowest BCUT2D eigenvalue weighted by Gasteiger charge is -2.31. The van der Waals surface area contributed by atoms with E-state index in [9.17, 15) is 19.5 Å². The summed E-state index contributed by atoms with van der Waals surface area (Å²) in [5.74, 6) is -1.62. The van der Waals surface area contributed by atoms with Crippen LogP contribution in [0.1, 0.15) is 123 Å². The fourth-order valence-electron chi connectivity index (χ4n) is 5.15. The van der Waals surface area contributed by atoms with Gasteiger partial charge >= 0.3 is 17.9 Å². The van der Waals surface area contributed by atoms with E-state index < -0.39 is 24.1 Å². The summed E-state index contributed by atoms with van der Waals surface area (Å²) in [5.41, 5.74) is 0. The monoisotopic (exact) mass is 753 g/mol. The Morgan fingerprint density at radius 3 is 1.50 bits per heavy atom. The van der Waals surface area contributed by atoms with Crippen LogP contribution in [0.5, 0.6) is 0 Å². The number of carboxylic acid groups (broad SMARTS) is 1. The van der Waals surface area contributed by atoms with Crippen LogP contribution in [0.3, 0.4) is 0 Å². The van der Waals surface area contributed by atoms with E-state index in [2.05, 4.69) is 98.9 Å². The van der Waals surface area contributed by atoms with E-state index >= 15 is 0 Å². The molecule has 0 saturated heterocycles. The highest BCUT2D eigenvalue weighted by Crippen LogP contribution is 2.11.